The molecule has 2 heteroatoms. The Labute approximate surface area is 77.0 Å². The van der Waals surface area contributed by atoms with Gasteiger partial charge in [-0.1, -0.05) is 17.7 Å². The van der Waals surface area contributed by atoms with Gasteiger partial charge in [-0.2, -0.15) is 0 Å². The molecule has 0 heterocycles. The number of thioether (sulfide) groups is 1. The van der Waals surface area contributed by atoms with Gasteiger partial charge in [0.15, 0.2) is 0 Å². The van der Waals surface area contributed by atoms with E-state index in [0.717, 1.165) is 0 Å². The molecule has 0 saturated carbocycles. The second-order valence-electron chi connectivity index (χ2n) is 2.52. The van der Waals surface area contributed by atoms with Gasteiger partial charge in [0.05, 0.1) is 5.21 Å². The molecule has 1 aromatic carbocycles. The average molecular weight is 187 g/mol. The summed E-state index contributed by atoms with van der Waals surface area (Å²) in [7, 11) is 0. The Balaban J connectivity index is 2.93. The Morgan fingerprint density at radius 2 is 2.09 bits per heavy atom. The summed E-state index contributed by atoms with van der Waals surface area (Å²) in [4.78, 5) is 1.29. The van der Waals surface area contributed by atoms with Gasteiger partial charge in [-0.05, 0) is 25.5 Å². The zero-order valence-corrected chi connectivity index (χ0v) is 8.30. The smallest absolute Gasteiger partial charge is 0.0727 e. The van der Waals surface area contributed by atoms with Gasteiger partial charge >= 0.3 is 0 Å². The molecule has 0 saturated heterocycles. The summed E-state index contributed by atoms with van der Waals surface area (Å²) in [5, 5.41) is 0.629. The Kier molecular flexibility index (Phi) is 3.28. The number of aryl methyl sites for hydroxylation is 2. The summed E-state index contributed by atoms with van der Waals surface area (Å²) in [5.41, 5.74) is 2.60. The number of alkyl halides is 1. The van der Waals surface area contributed by atoms with Crippen LogP contribution in [0.25, 0.3) is 0 Å². The van der Waals surface area contributed by atoms with E-state index in [2.05, 4.69) is 32.0 Å². The van der Waals surface area contributed by atoms with Crippen LogP contribution in [0, 0.1) is 13.8 Å². The highest BCUT2D eigenvalue weighted by molar-refractivity contribution is 8.00. The van der Waals surface area contributed by atoms with Crippen LogP contribution in [0.3, 0.4) is 0 Å². The van der Waals surface area contributed by atoms with Gasteiger partial charge in [-0.25, -0.2) is 0 Å². The van der Waals surface area contributed by atoms with E-state index in [4.69, 9.17) is 11.6 Å². The summed E-state index contributed by atoms with van der Waals surface area (Å²) < 4.78 is 0. The van der Waals surface area contributed by atoms with E-state index in [1.807, 2.05) is 0 Å². The van der Waals surface area contributed by atoms with E-state index in [1.54, 1.807) is 11.8 Å². The second kappa shape index (κ2) is 4.03. The lowest BCUT2D eigenvalue weighted by molar-refractivity contribution is 1.26. The third-order valence-corrected chi connectivity index (χ3v) is 2.74. The molecule has 11 heavy (non-hydrogen) atoms. The van der Waals surface area contributed by atoms with Crippen LogP contribution < -0.4 is 0 Å². The normalized spacial score (nSPS) is 10.1. The van der Waals surface area contributed by atoms with Crippen LogP contribution in [0.1, 0.15) is 11.1 Å². The van der Waals surface area contributed by atoms with Crippen molar-refractivity contribution in [3.05, 3.63) is 29.3 Å². The summed E-state index contributed by atoms with van der Waals surface area (Å²) >= 11 is 7.30. The molecule has 0 aromatic heterocycles. The van der Waals surface area contributed by atoms with Gasteiger partial charge in [-0.3, -0.25) is 0 Å². The minimum absolute atomic E-state index is 0.629. The molecule has 0 spiro atoms. The van der Waals surface area contributed by atoms with Crippen molar-refractivity contribution < 1.29 is 0 Å². The van der Waals surface area contributed by atoms with Crippen LogP contribution in [0.5, 0.6) is 0 Å². The average Bonchev–Trinajstić information content (AvgIpc) is 1.98. The molecular weight excluding hydrogens is 176 g/mol. The first-order valence-electron chi connectivity index (χ1n) is 3.50. The molecule has 0 amide bonds. The molecule has 1 aromatic rings. The fraction of sp³-hybridized carbons (Fsp3) is 0.333. The summed E-state index contributed by atoms with van der Waals surface area (Å²) in [6.45, 7) is 4.20. The van der Waals surface area contributed by atoms with Crippen LogP contribution >= 0.6 is 23.4 Å². The monoisotopic (exact) mass is 186 g/mol. The van der Waals surface area contributed by atoms with Crippen molar-refractivity contribution >= 4 is 23.4 Å². The van der Waals surface area contributed by atoms with Gasteiger partial charge in [0.1, 0.15) is 0 Å². The molecule has 0 atom stereocenters. The first kappa shape index (κ1) is 8.95. The largest absolute Gasteiger partial charge is 0.114 e. The fourth-order valence-electron chi connectivity index (χ4n) is 0.922. The minimum atomic E-state index is 0.629. The van der Waals surface area contributed by atoms with Crippen molar-refractivity contribution in [2.24, 2.45) is 0 Å². The molecule has 0 nitrogen and oxygen atoms in total. The number of halogens is 1. The standard InChI is InChI=1S/C9H11ClS/c1-7-3-4-8(2)9(5-7)11-6-10/h3-5H,6H2,1-2H3. The number of hydrogen-bond donors (Lipinski definition) is 0. The highest BCUT2D eigenvalue weighted by Gasteiger charge is 1.96. The van der Waals surface area contributed by atoms with Crippen molar-refractivity contribution in [2.75, 3.05) is 5.21 Å². The van der Waals surface area contributed by atoms with Gasteiger partial charge in [0, 0.05) is 4.90 Å². The quantitative estimate of drug-likeness (QED) is 0.503. The van der Waals surface area contributed by atoms with Crippen molar-refractivity contribution in [3.63, 3.8) is 0 Å². The molecule has 0 aliphatic carbocycles. The van der Waals surface area contributed by atoms with Crippen LogP contribution in [0.2, 0.25) is 0 Å². The third-order valence-electron chi connectivity index (χ3n) is 1.55. The predicted octanol–water partition coefficient (Wildman–Crippen LogP) is 3.59. The Morgan fingerprint density at radius 1 is 1.36 bits per heavy atom. The maximum absolute atomic E-state index is 5.62. The van der Waals surface area contributed by atoms with E-state index in [9.17, 15) is 0 Å². The van der Waals surface area contributed by atoms with Crippen molar-refractivity contribution in [2.45, 2.75) is 18.7 Å². The molecule has 0 unspecified atom stereocenters. The van der Waals surface area contributed by atoms with Crippen LogP contribution in [0.4, 0.5) is 0 Å². The highest BCUT2D eigenvalue weighted by Crippen LogP contribution is 2.23. The number of benzene rings is 1. The van der Waals surface area contributed by atoms with Crippen LogP contribution in [-0.4, -0.2) is 5.21 Å². The van der Waals surface area contributed by atoms with Gasteiger partial charge < -0.3 is 0 Å². The molecule has 0 fully saturated rings. The highest BCUT2D eigenvalue weighted by atomic mass is 35.5. The fourth-order valence-corrected chi connectivity index (χ4v) is 1.96. The topological polar surface area (TPSA) is 0 Å². The Morgan fingerprint density at radius 3 is 2.73 bits per heavy atom. The minimum Gasteiger partial charge on any atom is -0.114 e. The van der Waals surface area contributed by atoms with Crippen molar-refractivity contribution in [1.29, 1.82) is 0 Å². The number of hydrogen-bond acceptors (Lipinski definition) is 1. The van der Waals surface area contributed by atoms with Gasteiger partial charge in [0.2, 0.25) is 0 Å². The van der Waals surface area contributed by atoms with E-state index >= 15 is 0 Å². The maximum Gasteiger partial charge on any atom is 0.0727 e. The molecule has 0 aliphatic rings. The summed E-state index contributed by atoms with van der Waals surface area (Å²) in [6, 6.07) is 6.42. The molecule has 0 N–H and O–H groups in total. The lowest BCUT2D eigenvalue weighted by Crippen LogP contribution is -1.80. The molecule has 0 aliphatic heterocycles. The lowest BCUT2D eigenvalue weighted by Gasteiger charge is -2.03. The molecule has 1 rings (SSSR count). The lowest BCUT2D eigenvalue weighted by atomic mass is 10.2. The van der Waals surface area contributed by atoms with Crippen LogP contribution in [0.15, 0.2) is 23.1 Å². The summed E-state index contributed by atoms with van der Waals surface area (Å²) in [5.74, 6) is 0. The van der Waals surface area contributed by atoms with Crippen molar-refractivity contribution in [3.8, 4) is 0 Å². The van der Waals surface area contributed by atoms with Crippen molar-refractivity contribution in [1.82, 2.24) is 0 Å². The summed E-state index contributed by atoms with van der Waals surface area (Å²) in [6.07, 6.45) is 0. The van der Waals surface area contributed by atoms with E-state index in [-0.39, 0.29) is 0 Å². The zero-order valence-electron chi connectivity index (χ0n) is 6.73. The second-order valence-corrected chi connectivity index (χ2v) is 4.12. The van der Waals surface area contributed by atoms with Crippen LogP contribution in [-0.2, 0) is 0 Å². The number of rotatable bonds is 2. The van der Waals surface area contributed by atoms with Gasteiger partial charge in [-0.15, -0.1) is 23.4 Å². The molecule has 0 bridgehead atoms. The first-order valence-corrected chi connectivity index (χ1v) is 5.02. The predicted molar refractivity (Wildman–Crippen MR) is 52.5 cm³/mol. The Bertz CT molecular complexity index is 245. The van der Waals surface area contributed by atoms with E-state index in [1.165, 1.54) is 16.0 Å². The SMILES string of the molecule is Cc1ccc(C)c(SCCl)c1. The van der Waals surface area contributed by atoms with Gasteiger partial charge in [0.25, 0.3) is 0 Å². The first-order chi connectivity index (χ1) is 5.24. The van der Waals surface area contributed by atoms with E-state index < -0.39 is 0 Å². The Hall–Kier alpha value is -0.140. The maximum atomic E-state index is 5.62. The zero-order chi connectivity index (χ0) is 8.27. The molecule has 60 valence electrons. The molecular formula is C9H11ClS. The molecule has 0 radical (unpaired) electrons. The third kappa shape index (κ3) is 2.42. The van der Waals surface area contributed by atoms with E-state index in [0.29, 0.717) is 5.21 Å².